The summed E-state index contributed by atoms with van der Waals surface area (Å²) in [5.41, 5.74) is 3.31. The fraction of sp³-hybridized carbons (Fsp3) is 0.150. The number of para-hydroxylation sites is 2. The number of amides is 1. The van der Waals surface area contributed by atoms with E-state index in [1.807, 2.05) is 55.5 Å². The van der Waals surface area contributed by atoms with Gasteiger partial charge in [0.1, 0.15) is 10.5 Å². The van der Waals surface area contributed by atoms with Crippen molar-refractivity contribution >= 4 is 51.7 Å². The highest BCUT2D eigenvalue weighted by molar-refractivity contribution is 7.99. The van der Waals surface area contributed by atoms with E-state index in [4.69, 9.17) is 16.0 Å². The normalized spacial score (nSPS) is 11.1. The number of carbonyl (C=O) groups excluding carboxylic acids is 1. The first-order valence-electron chi connectivity index (χ1n) is 8.56. The van der Waals surface area contributed by atoms with E-state index in [0.717, 1.165) is 32.2 Å². The van der Waals surface area contributed by atoms with Crippen LogP contribution in [0.2, 0.25) is 5.02 Å². The second kappa shape index (κ2) is 8.34. The number of halogens is 1. The maximum absolute atomic E-state index is 12.2. The number of thioether (sulfide) groups is 1. The molecular weight excluding hydrogens is 414 g/mol. The van der Waals surface area contributed by atoms with Crippen molar-refractivity contribution < 1.29 is 9.21 Å². The quantitative estimate of drug-likeness (QED) is 0.420. The number of benzene rings is 2. The van der Waals surface area contributed by atoms with E-state index in [9.17, 15) is 4.79 Å². The highest BCUT2D eigenvalue weighted by Crippen LogP contribution is 2.32. The highest BCUT2D eigenvalue weighted by atomic mass is 35.5. The van der Waals surface area contributed by atoms with Crippen molar-refractivity contribution in [2.45, 2.75) is 18.7 Å². The van der Waals surface area contributed by atoms with Crippen LogP contribution < -0.4 is 5.32 Å². The van der Waals surface area contributed by atoms with Crippen molar-refractivity contribution in [1.29, 1.82) is 0 Å². The second-order valence-electron chi connectivity index (χ2n) is 6.02. The molecule has 0 aliphatic carbocycles. The zero-order chi connectivity index (χ0) is 19.5. The highest BCUT2D eigenvalue weighted by Gasteiger charge is 2.13. The first-order chi connectivity index (χ1) is 13.6. The number of nitrogens with zero attached hydrogens (tertiary/aromatic N) is 2. The van der Waals surface area contributed by atoms with Crippen LogP contribution >= 0.6 is 34.7 Å². The molecule has 8 heteroatoms. The van der Waals surface area contributed by atoms with Crippen LogP contribution in [0.5, 0.6) is 0 Å². The van der Waals surface area contributed by atoms with E-state index in [2.05, 4.69) is 15.3 Å². The van der Waals surface area contributed by atoms with E-state index in [1.54, 1.807) is 0 Å². The molecule has 2 aromatic carbocycles. The van der Waals surface area contributed by atoms with Gasteiger partial charge in [-0.3, -0.25) is 4.79 Å². The molecular formula is C20H16ClN3O2S2. The molecule has 0 radical (unpaired) electrons. The van der Waals surface area contributed by atoms with Crippen LogP contribution in [-0.4, -0.2) is 21.6 Å². The van der Waals surface area contributed by atoms with Crippen LogP contribution in [0.25, 0.3) is 21.7 Å². The molecule has 0 aliphatic rings. The number of nitrogens with one attached hydrogen (secondary N) is 1. The van der Waals surface area contributed by atoms with E-state index in [0.29, 0.717) is 16.8 Å². The monoisotopic (exact) mass is 429 g/mol. The summed E-state index contributed by atoms with van der Waals surface area (Å²) in [6.07, 6.45) is 0. The molecule has 0 spiro atoms. The number of hydrogen-bond donors (Lipinski definition) is 1. The van der Waals surface area contributed by atoms with Crippen molar-refractivity contribution in [2.75, 3.05) is 5.75 Å². The Kier molecular flexibility index (Phi) is 5.66. The lowest BCUT2D eigenvalue weighted by atomic mass is 10.2. The van der Waals surface area contributed by atoms with Gasteiger partial charge in [0.05, 0.1) is 23.0 Å². The summed E-state index contributed by atoms with van der Waals surface area (Å²) >= 11 is 9.07. The summed E-state index contributed by atoms with van der Waals surface area (Å²) in [6.45, 7) is 2.37. The predicted molar refractivity (Wildman–Crippen MR) is 114 cm³/mol. The standard InChI is InChI=1S/C20H16ClN3O2S2/c1-12-17(28-19(23-12)13-6-2-3-7-14(13)21)10-22-18(25)11-27-20-24-15-8-4-5-9-16(15)26-20/h2-9H,10-11H2,1H3,(H,22,25). The SMILES string of the molecule is Cc1nc(-c2ccccc2Cl)sc1CNC(=O)CSc1nc2ccccc2o1. The number of aryl methyl sites for hydroxylation is 1. The Hall–Kier alpha value is -2.35. The fourth-order valence-electron chi connectivity index (χ4n) is 2.61. The molecule has 2 aromatic heterocycles. The summed E-state index contributed by atoms with van der Waals surface area (Å²) in [7, 11) is 0. The first-order valence-corrected chi connectivity index (χ1v) is 10.7. The molecule has 2 heterocycles. The first kappa shape index (κ1) is 19.0. The average molecular weight is 430 g/mol. The molecule has 1 amide bonds. The van der Waals surface area contributed by atoms with Crippen LogP contribution in [0, 0.1) is 6.92 Å². The molecule has 0 fully saturated rings. The van der Waals surface area contributed by atoms with Gasteiger partial charge in [-0.2, -0.15) is 0 Å². The largest absolute Gasteiger partial charge is 0.431 e. The molecule has 1 N–H and O–H groups in total. The number of carbonyl (C=O) groups is 1. The third-order valence-corrected chi connectivity index (χ3v) is 6.39. The Labute approximate surface area is 175 Å². The summed E-state index contributed by atoms with van der Waals surface area (Å²) in [5, 5.41) is 4.95. The average Bonchev–Trinajstić information content (AvgIpc) is 3.28. The number of oxazole rings is 1. The Balaban J connectivity index is 1.35. The Morgan fingerprint density at radius 2 is 1.96 bits per heavy atom. The van der Waals surface area contributed by atoms with Crippen LogP contribution in [0.3, 0.4) is 0 Å². The van der Waals surface area contributed by atoms with Crippen LogP contribution in [0.15, 0.2) is 58.2 Å². The molecule has 142 valence electrons. The number of rotatable bonds is 6. The molecule has 0 saturated heterocycles. The smallest absolute Gasteiger partial charge is 0.257 e. The zero-order valence-electron chi connectivity index (χ0n) is 14.9. The maximum Gasteiger partial charge on any atom is 0.257 e. The zero-order valence-corrected chi connectivity index (χ0v) is 17.3. The van der Waals surface area contributed by atoms with E-state index >= 15 is 0 Å². The van der Waals surface area contributed by atoms with E-state index in [1.165, 1.54) is 23.1 Å². The van der Waals surface area contributed by atoms with Gasteiger partial charge in [0.2, 0.25) is 5.91 Å². The molecule has 5 nitrogen and oxygen atoms in total. The van der Waals surface area contributed by atoms with E-state index < -0.39 is 0 Å². The topological polar surface area (TPSA) is 68.0 Å². The molecule has 4 aromatic rings. The third-order valence-electron chi connectivity index (χ3n) is 4.04. The minimum atomic E-state index is -0.0839. The Morgan fingerprint density at radius 1 is 1.18 bits per heavy atom. The van der Waals surface area contributed by atoms with E-state index in [-0.39, 0.29) is 11.7 Å². The van der Waals surface area contributed by atoms with Crippen molar-refractivity contribution in [3.8, 4) is 10.6 Å². The van der Waals surface area contributed by atoms with Gasteiger partial charge in [-0.05, 0) is 25.1 Å². The van der Waals surface area contributed by atoms with Gasteiger partial charge in [0, 0.05) is 10.4 Å². The summed E-state index contributed by atoms with van der Waals surface area (Å²) in [4.78, 5) is 22.2. The fourth-order valence-corrected chi connectivity index (χ4v) is 4.60. The molecule has 0 unspecified atom stereocenters. The number of thiazole rings is 1. The maximum atomic E-state index is 12.2. The molecule has 0 atom stereocenters. The summed E-state index contributed by atoms with van der Waals surface area (Å²) < 4.78 is 5.62. The number of fused-ring (bicyclic) bond motifs is 1. The summed E-state index contributed by atoms with van der Waals surface area (Å²) in [5.74, 6) is 0.154. The third kappa shape index (κ3) is 4.22. The van der Waals surface area contributed by atoms with Crippen molar-refractivity contribution in [2.24, 2.45) is 0 Å². The van der Waals surface area contributed by atoms with Crippen molar-refractivity contribution in [3.05, 3.63) is 64.1 Å². The van der Waals surface area contributed by atoms with Gasteiger partial charge in [0.15, 0.2) is 5.58 Å². The van der Waals surface area contributed by atoms with Crippen LogP contribution in [0.1, 0.15) is 10.6 Å². The van der Waals surface area contributed by atoms with Gasteiger partial charge in [-0.25, -0.2) is 9.97 Å². The van der Waals surface area contributed by atoms with Crippen LogP contribution in [0.4, 0.5) is 0 Å². The van der Waals surface area contributed by atoms with Gasteiger partial charge in [-0.1, -0.05) is 53.7 Å². The minimum absolute atomic E-state index is 0.0839. The second-order valence-corrected chi connectivity index (χ2v) is 8.44. The van der Waals surface area contributed by atoms with Gasteiger partial charge in [0.25, 0.3) is 5.22 Å². The minimum Gasteiger partial charge on any atom is -0.431 e. The lowest BCUT2D eigenvalue weighted by Gasteiger charge is -2.02. The summed E-state index contributed by atoms with van der Waals surface area (Å²) in [6, 6.07) is 15.1. The van der Waals surface area contributed by atoms with Gasteiger partial charge in [-0.15, -0.1) is 11.3 Å². The molecule has 0 aliphatic heterocycles. The molecule has 4 rings (SSSR count). The molecule has 28 heavy (non-hydrogen) atoms. The van der Waals surface area contributed by atoms with Crippen molar-refractivity contribution in [1.82, 2.24) is 15.3 Å². The van der Waals surface area contributed by atoms with Crippen molar-refractivity contribution in [3.63, 3.8) is 0 Å². The molecule has 0 saturated carbocycles. The Morgan fingerprint density at radius 3 is 2.79 bits per heavy atom. The lowest BCUT2D eigenvalue weighted by molar-refractivity contribution is -0.118. The van der Waals surface area contributed by atoms with Crippen LogP contribution in [-0.2, 0) is 11.3 Å². The number of aromatic nitrogens is 2. The lowest BCUT2D eigenvalue weighted by Crippen LogP contribution is -2.24. The number of hydrogen-bond acceptors (Lipinski definition) is 6. The van der Waals surface area contributed by atoms with Gasteiger partial charge >= 0.3 is 0 Å². The predicted octanol–water partition coefficient (Wildman–Crippen LogP) is 5.32. The Bertz CT molecular complexity index is 1110. The molecule has 0 bridgehead atoms. The van der Waals surface area contributed by atoms with Gasteiger partial charge < -0.3 is 9.73 Å².